The first-order valence-electron chi connectivity index (χ1n) is 8.68. The second-order valence-electron chi connectivity index (χ2n) is 6.37. The molecule has 1 atom stereocenters. The highest BCUT2D eigenvalue weighted by Gasteiger charge is 2.27. The molecule has 1 aromatic carbocycles. The van der Waals surface area contributed by atoms with Crippen LogP contribution in [0.3, 0.4) is 0 Å². The number of nitrogens with one attached hydrogen (secondary N) is 1. The Morgan fingerprint density at radius 3 is 3.00 bits per heavy atom. The van der Waals surface area contributed by atoms with E-state index in [2.05, 4.69) is 20.4 Å². The Morgan fingerprint density at radius 2 is 2.25 bits per heavy atom. The molecule has 0 spiro atoms. The fraction of sp³-hybridized carbons (Fsp3) is 0.263. The Bertz CT molecular complexity index is 1040. The molecule has 9 heteroatoms. The summed E-state index contributed by atoms with van der Waals surface area (Å²) in [4.78, 5) is 21.0. The lowest BCUT2D eigenvalue weighted by atomic mass is 10.0. The van der Waals surface area contributed by atoms with Crippen LogP contribution in [0, 0.1) is 0 Å². The van der Waals surface area contributed by atoms with Gasteiger partial charge in [-0.3, -0.25) is 9.48 Å². The fourth-order valence-electron chi connectivity index (χ4n) is 3.14. The van der Waals surface area contributed by atoms with Gasteiger partial charge in [0.05, 0.1) is 17.3 Å². The molecule has 144 valence electrons. The molecule has 0 aliphatic carbocycles. The van der Waals surface area contributed by atoms with E-state index in [0.29, 0.717) is 34.6 Å². The van der Waals surface area contributed by atoms with Gasteiger partial charge in [-0.25, -0.2) is 9.97 Å². The summed E-state index contributed by atoms with van der Waals surface area (Å²) in [5.41, 5.74) is 3.25. The van der Waals surface area contributed by atoms with Crippen LogP contribution in [0.15, 0.2) is 41.8 Å². The molecular formula is C19H18ClN5O2S. The van der Waals surface area contributed by atoms with Crippen molar-refractivity contribution in [1.29, 1.82) is 0 Å². The molecule has 1 aliphatic heterocycles. The number of thioether (sulfide) groups is 1. The average molecular weight is 416 g/mol. The van der Waals surface area contributed by atoms with Gasteiger partial charge in [0.25, 0.3) is 5.91 Å². The highest BCUT2D eigenvalue weighted by molar-refractivity contribution is 7.98. The lowest BCUT2D eigenvalue weighted by Gasteiger charge is -2.12. The highest BCUT2D eigenvalue weighted by Crippen LogP contribution is 2.39. The van der Waals surface area contributed by atoms with Crippen molar-refractivity contribution in [3.05, 3.63) is 52.9 Å². The third-order valence-electron chi connectivity index (χ3n) is 4.51. The summed E-state index contributed by atoms with van der Waals surface area (Å²) in [6.07, 6.45) is 5.75. The number of hydrogen-bond acceptors (Lipinski definition) is 6. The average Bonchev–Trinajstić information content (AvgIpc) is 3.32. The van der Waals surface area contributed by atoms with Gasteiger partial charge in [0.1, 0.15) is 17.5 Å². The van der Waals surface area contributed by atoms with Gasteiger partial charge < -0.3 is 10.1 Å². The Balaban J connectivity index is 1.48. The number of aromatic nitrogens is 4. The largest absolute Gasteiger partial charge is 0.486 e. The number of benzene rings is 1. The van der Waals surface area contributed by atoms with Gasteiger partial charge in [-0.05, 0) is 30.5 Å². The number of carbonyl (C=O) groups is 1. The number of fused-ring (bicyclic) bond motifs is 1. The fourth-order valence-corrected chi connectivity index (χ4v) is 3.78. The van der Waals surface area contributed by atoms with E-state index in [1.165, 1.54) is 16.4 Å². The molecule has 1 unspecified atom stereocenters. The van der Waals surface area contributed by atoms with Crippen LogP contribution in [0.4, 0.5) is 0 Å². The molecule has 3 aromatic rings. The standard InChI is InChI=1S/C19H18ClN5O2S/c1-25-16(4-6-23-25)18(26)22-10-13-8-12-7-11(9-14(20)17(12)27-13)15-3-5-21-19(24-15)28-2/h3-7,9,13H,8,10H2,1-2H3,(H,22,26). The van der Waals surface area contributed by atoms with E-state index in [-0.39, 0.29) is 12.0 Å². The predicted molar refractivity (Wildman–Crippen MR) is 108 cm³/mol. The maximum absolute atomic E-state index is 12.3. The molecule has 1 N–H and O–H groups in total. The number of carbonyl (C=O) groups excluding carboxylic acids is 1. The first kappa shape index (κ1) is 18.8. The van der Waals surface area contributed by atoms with Crippen molar-refractivity contribution in [3.8, 4) is 17.0 Å². The normalized spacial score (nSPS) is 15.2. The van der Waals surface area contributed by atoms with Crippen molar-refractivity contribution >= 4 is 29.3 Å². The predicted octanol–water partition coefficient (Wildman–Crippen LogP) is 2.99. The van der Waals surface area contributed by atoms with Crippen LogP contribution < -0.4 is 10.1 Å². The van der Waals surface area contributed by atoms with E-state index in [1.54, 1.807) is 25.5 Å². The summed E-state index contributed by atoms with van der Waals surface area (Å²) in [7, 11) is 1.73. The molecule has 1 aliphatic rings. The van der Waals surface area contributed by atoms with Crippen molar-refractivity contribution in [1.82, 2.24) is 25.1 Å². The van der Waals surface area contributed by atoms with Crippen molar-refractivity contribution in [3.63, 3.8) is 0 Å². The summed E-state index contributed by atoms with van der Waals surface area (Å²) >= 11 is 7.95. The molecule has 1 amide bonds. The number of rotatable bonds is 5. The lowest BCUT2D eigenvalue weighted by Crippen LogP contribution is -2.35. The summed E-state index contributed by atoms with van der Waals surface area (Å²) in [5, 5.41) is 8.15. The summed E-state index contributed by atoms with van der Waals surface area (Å²) < 4.78 is 7.50. The van der Waals surface area contributed by atoms with Crippen LogP contribution in [0.2, 0.25) is 5.02 Å². The minimum Gasteiger partial charge on any atom is -0.486 e. The topological polar surface area (TPSA) is 81.9 Å². The number of amides is 1. The molecule has 0 fully saturated rings. The smallest absolute Gasteiger partial charge is 0.269 e. The van der Waals surface area contributed by atoms with Gasteiger partial charge in [-0.2, -0.15) is 5.10 Å². The molecule has 7 nitrogen and oxygen atoms in total. The SMILES string of the molecule is CSc1nccc(-c2cc(Cl)c3c(c2)CC(CNC(=O)c2ccnn2C)O3)n1. The molecule has 2 aromatic heterocycles. The maximum Gasteiger partial charge on any atom is 0.269 e. The van der Waals surface area contributed by atoms with Crippen LogP contribution in [-0.2, 0) is 13.5 Å². The van der Waals surface area contributed by atoms with Crippen LogP contribution in [0.1, 0.15) is 16.1 Å². The van der Waals surface area contributed by atoms with Crippen molar-refractivity contribution in [2.75, 3.05) is 12.8 Å². The zero-order valence-corrected chi connectivity index (χ0v) is 16.9. The van der Waals surface area contributed by atoms with Gasteiger partial charge >= 0.3 is 0 Å². The highest BCUT2D eigenvalue weighted by atomic mass is 35.5. The van der Waals surface area contributed by atoms with Crippen LogP contribution in [0.5, 0.6) is 5.75 Å². The van der Waals surface area contributed by atoms with Crippen molar-refractivity contribution in [2.45, 2.75) is 17.7 Å². The second-order valence-corrected chi connectivity index (χ2v) is 7.55. The first-order chi connectivity index (χ1) is 13.5. The molecule has 0 radical (unpaired) electrons. The minimum absolute atomic E-state index is 0.174. The second kappa shape index (κ2) is 7.81. The Kier molecular flexibility index (Phi) is 5.23. The monoisotopic (exact) mass is 415 g/mol. The van der Waals surface area contributed by atoms with E-state index in [1.807, 2.05) is 24.5 Å². The van der Waals surface area contributed by atoms with E-state index in [9.17, 15) is 4.79 Å². The zero-order valence-electron chi connectivity index (χ0n) is 15.3. The van der Waals surface area contributed by atoms with Gasteiger partial charge in [-0.1, -0.05) is 23.4 Å². The zero-order chi connectivity index (χ0) is 19.7. The molecule has 0 bridgehead atoms. The maximum atomic E-state index is 12.3. The molecule has 28 heavy (non-hydrogen) atoms. The quantitative estimate of drug-likeness (QED) is 0.509. The molecule has 4 rings (SSSR count). The molecule has 0 saturated carbocycles. The third-order valence-corrected chi connectivity index (χ3v) is 5.35. The molecule has 3 heterocycles. The van der Waals surface area contributed by atoms with E-state index < -0.39 is 0 Å². The third kappa shape index (κ3) is 3.70. The van der Waals surface area contributed by atoms with Crippen molar-refractivity contribution in [2.24, 2.45) is 7.05 Å². The summed E-state index contributed by atoms with van der Waals surface area (Å²) in [5.74, 6) is 0.487. The van der Waals surface area contributed by atoms with Gasteiger partial charge in [0, 0.05) is 37.0 Å². The Hall–Kier alpha value is -2.58. The Labute approximate surface area is 171 Å². The number of ether oxygens (including phenoxy) is 1. The van der Waals surface area contributed by atoms with Crippen molar-refractivity contribution < 1.29 is 9.53 Å². The number of halogens is 1. The van der Waals surface area contributed by atoms with Crippen LogP contribution in [-0.4, -0.2) is 44.6 Å². The van der Waals surface area contributed by atoms with E-state index >= 15 is 0 Å². The number of nitrogens with zero attached hydrogens (tertiary/aromatic N) is 4. The molecular weight excluding hydrogens is 398 g/mol. The number of hydrogen-bond donors (Lipinski definition) is 1. The minimum atomic E-state index is -0.183. The van der Waals surface area contributed by atoms with Crippen LogP contribution >= 0.6 is 23.4 Å². The lowest BCUT2D eigenvalue weighted by molar-refractivity contribution is 0.0924. The Morgan fingerprint density at radius 1 is 1.39 bits per heavy atom. The summed E-state index contributed by atoms with van der Waals surface area (Å²) in [6, 6.07) is 7.42. The van der Waals surface area contributed by atoms with Gasteiger partial charge in [-0.15, -0.1) is 0 Å². The first-order valence-corrected chi connectivity index (χ1v) is 10.3. The number of aryl methyl sites for hydroxylation is 1. The van der Waals surface area contributed by atoms with E-state index in [4.69, 9.17) is 16.3 Å². The van der Waals surface area contributed by atoms with Gasteiger partial charge in [0.2, 0.25) is 0 Å². The molecule has 0 saturated heterocycles. The van der Waals surface area contributed by atoms with E-state index in [0.717, 1.165) is 16.8 Å². The van der Waals surface area contributed by atoms with Gasteiger partial charge in [0.15, 0.2) is 5.16 Å². The summed E-state index contributed by atoms with van der Waals surface area (Å²) in [6.45, 7) is 0.383. The van der Waals surface area contributed by atoms with Crippen LogP contribution in [0.25, 0.3) is 11.3 Å².